The van der Waals surface area contributed by atoms with E-state index in [4.69, 9.17) is 13.6 Å². The molecule has 74 valence electrons. The molecule has 1 aromatic heterocycles. The van der Waals surface area contributed by atoms with E-state index in [1.807, 2.05) is 6.92 Å². The minimum Gasteiger partial charge on any atom is -0.396 e. The number of anilines is 2. The molecule has 1 atom stereocenters. The summed E-state index contributed by atoms with van der Waals surface area (Å²) < 4.78 is 0. The molecule has 0 aromatic carbocycles. The van der Waals surface area contributed by atoms with Crippen LogP contribution in [0.1, 0.15) is 13.3 Å². The largest absolute Gasteiger partial charge is 0.396 e. The van der Waals surface area contributed by atoms with Gasteiger partial charge in [0.05, 0.1) is 11.8 Å². The monoisotopic (exact) mass is 191 g/mol. The summed E-state index contributed by atoms with van der Waals surface area (Å²) in [5, 5.41) is 12.3. The zero-order valence-electron chi connectivity index (χ0n) is 8.20. The van der Waals surface area contributed by atoms with Crippen LogP contribution in [0.5, 0.6) is 0 Å². The number of nitrogens with one attached hydrogen (secondary N) is 1. The lowest BCUT2D eigenvalue weighted by Crippen LogP contribution is -2.21. The van der Waals surface area contributed by atoms with E-state index in [9.17, 15) is 5.11 Å². The smallest absolute Gasteiger partial charge is 0.148 e. The van der Waals surface area contributed by atoms with Crippen molar-refractivity contribution in [3.63, 3.8) is 0 Å². The van der Waals surface area contributed by atoms with Crippen molar-refractivity contribution in [1.29, 1.82) is 0 Å². The van der Waals surface area contributed by atoms with Crippen LogP contribution in [0.4, 0.5) is 11.5 Å². The van der Waals surface area contributed by atoms with Crippen molar-refractivity contribution in [1.82, 2.24) is 4.98 Å². The maximum absolute atomic E-state index is 9.32. The van der Waals surface area contributed by atoms with Crippen molar-refractivity contribution in [2.75, 3.05) is 17.6 Å². The average Bonchev–Trinajstić information content (AvgIpc) is 2.19. The van der Waals surface area contributed by atoms with Gasteiger partial charge in [-0.15, -0.1) is 0 Å². The number of nitrogens with two attached hydrogens (primary N) is 1. The SMILES string of the molecule is [B]c1ccc(N)c(NCC(O)CC)n1. The van der Waals surface area contributed by atoms with Gasteiger partial charge in [-0.05, 0) is 24.1 Å². The van der Waals surface area contributed by atoms with E-state index < -0.39 is 6.10 Å². The Kier molecular flexibility index (Phi) is 3.77. The summed E-state index contributed by atoms with van der Waals surface area (Å²) in [6.07, 6.45) is 0.299. The predicted octanol–water partition coefficient (Wildman–Crippen LogP) is -0.360. The second-order valence-corrected chi connectivity index (χ2v) is 3.12. The lowest BCUT2D eigenvalue weighted by atomic mass is 10.0. The van der Waals surface area contributed by atoms with Gasteiger partial charge in [-0.25, -0.2) is 4.98 Å². The first-order chi connectivity index (χ1) is 6.63. The fourth-order valence-corrected chi connectivity index (χ4v) is 0.985. The Labute approximate surface area is 84.9 Å². The molecular weight excluding hydrogens is 177 g/mol. The number of aliphatic hydroxyl groups excluding tert-OH is 1. The number of hydrogen-bond acceptors (Lipinski definition) is 4. The van der Waals surface area contributed by atoms with Gasteiger partial charge < -0.3 is 16.2 Å². The summed E-state index contributed by atoms with van der Waals surface area (Å²) in [7, 11) is 5.50. The molecule has 4 nitrogen and oxygen atoms in total. The predicted molar refractivity (Wildman–Crippen MR) is 58.8 cm³/mol. The van der Waals surface area contributed by atoms with Crippen molar-refractivity contribution in [3.05, 3.63) is 12.1 Å². The second-order valence-electron chi connectivity index (χ2n) is 3.12. The molecule has 1 heterocycles. The van der Waals surface area contributed by atoms with E-state index in [-0.39, 0.29) is 0 Å². The lowest BCUT2D eigenvalue weighted by Gasteiger charge is -2.12. The molecule has 0 aliphatic carbocycles. The van der Waals surface area contributed by atoms with E-state index in [2.05, 4.69) is 10.3 Å². The Morgan fingerprint density at radius 1 is 1.64 bits per heavy atom. The normalized spacial score (nSPS) is 12.4. The average molecular weight is 191 g/mol. The topological polar surface area (TPSA) is 71.2 Å². The Morgan fingerprint density at radius 3 is 3.00 bits per heavy atom. The minimum atomic E-state index is -0.391. The van der Waals surface area contributed by atoms with Gasteiger partial charge in [0, 0.05) is 6.54 Å². The van der Waals surface area contributed by atoms with Crippen LogP contribution in [0.25, 0.3) is 0 Å². The Hall–Kier alpha value is -1.23. The van der Waals surface area contributed by atoms with Gasteiger partial charge in [0.2, 0.25) is 0 Å². The van der Waals surface area contributed by atoms with Gasteiger partial charge in [-0.3, -0.25) is 0 Å². The highest BCUT2D eigenvalue weighted by atomic mass is 16.3. The van der Waals surface area contributed by atoms with Crippen molar-refractivity contribution < 1.29 is 5.11 Å². The van der Waals surface area contributed by atoms with Gasteiger partial charge in [0.25, 0.3) is 0 Å². The molecule has 14 heavy (non-hydrogen) atoms. The first-order valence-electron chi connectivity index (χ1n) is 4.57. The number of rotatable bonds is 4. The minimum absolute atomic E-state index is 0.391. The van der Waals surface area contributed by atoms with Crippen LogP contribution in [0.2, 0.25) is 0 Å². The van der Waals surface area contributed by atoms with Crippen LogP contribution in [-0.2, 0) is 0 Å². The maximum atomic E-state index is 9.32. The summed E-state index contributed by atoms with van der Waals surface area (Å²) in [5.41, 5.74) is 6.59. The van der Waals surface area contributed by atoms with E-state index in [0.717, 1.165) is 0 Å². The molecule has 1 rings (SSSR count). The van der Waals surface area contributed by atoms with Crippen molar-refractivity contribution >= 4 is 24.9 Å². The number of nitrogen functional groups attached to an aromatic ring is 1. The van der Waals surface area contributed by atoms with Gasteiger partial charge in [-0.2, -0.15) is 0 Å². The summed E-state index contributed by atoms with van der Waals surface area (Å²) in [4.78, 5) is 4.01. The quantitative estimate of drug-likeness (QED) is 0.568. The molecule has 0 aliphatic rings. The number of aliphatic hydroxyl groups is 1. The Morgan fingerprint density at radius 2 is 2.36 bits per heavy atom. The highest BCUT2D eigenvalue weighted by Gasteiger charge is 2.03. The van der Waals surface area contributed by atoms with Crippen LogP contribution in [0.15, 0.2) is 12.1 Å². The fourth-order valence-electron chi connectivity index (χ4n) is 0.985. The third-order valence-corrected chi connectivity index (χ3v) is 1.92. The first kappa shape index (κ1) is 10.9. The molecule has 0 aliphatic heterocycles. The molecule has 1 unspecified atom stereocenters. The van der Waals surface area contributed by atoms with Crippen molar-refractivity contribution in [2.45, 2.75) is 19.4 Å². The number of hydrogen-bond donors (Lipinski definition) is 3. The fraction of sp³-hybridized carbons (Fsp3) is 0.444. The molecule has 0 amide bonds. The van der Waals surface area contributed by atoms with Crippen molar-refractivity contribution in [3.8, 4) is 0 Å². The van der Waals surface area contributed by atoms with Gasteiger partial charge in [0.1, 0.15) is 13.7 Å². The number of pyridine rings is 1. The van der Waals surface area contributed by atoms with Crippen LogP contribution in [0, 0.1) is 0 Å². The molecule has 0 fully saturated rings. The van der Waals surface area contributed by atoms with Gasteiger partial charge in [0.15, 0.2) is 0 Å². The van der Waals surface area contributed by atoms with Gasteiger partial charge in [-0.1, -0.05) is 6.92 Å². The van der Waals surface area contributed by atoms with Crippen LogP contribution in [0.3, 0.4) is 0 Å². The first-order valence-corrected chi connectivity index (χ1v) is 4.57. The molecule has 2 radical (unpaired) electrons. The van der Waals surface area contributed by atoms with E-state index in [0.29, 0.717) is 30.1 Å². The molecule has 1 aromatic rings. The number of nitrogens with zero attached hydrogens (tertiary/aromatic N) is 1. The molecule has 0 bridgehead atoms. The summed E-state index contributed by atoms with van der Waals surface area (Å²) >= 11 is 0. The molecule has 5 heteroatoms. The van der Waals surface area contributed by atoms with Crippen molar-refractivity contribution in [2.24, 2.45) is 0 Å². The van der Waals surface area contributed by atoms with Gasteiger partial charge >= 0.3 is 0 Å². The van der Waals surface area contributed by atoms with Crippen LogP contribution < -0.4 is 16.6 Å². The third kappa shape index (κ3) is 2.92. The zero-order valence-corrected chi connectivity index (χ0v) is 8.20. The molecule has 4 N–H and O–H groups in total. The Balaban J connectivity index is 2.62. The van der Waals surface area contributed by atoms with E-state index in [1.54, 1.807) is 12.1 Å². The summed E-state index contributed by atoms with van der Waals surface area (Å²) in [6.45, 7) is 2.33. The zero-order chi connectivity index (χ0) is 10.6. The number of aromatic nitrogens is 1. The summed E-state index contributed by atoms with van der Waals surface area (Å²) in [5.74, 6) is 0.525. The van der Waals surface area contributed by atoms with E-state index >= 15 is 0 Å². The Bertz CT molecular complexity index is 306. The standard InChI is InChI=1S/C9H14BN3O/c1-2-6(14)5-12-9-7(11)3-4-8(10)13-9/h3-4,6,14H,2,5,11H2,1H3,(H,12,13). The highest BCUT2D eigenvalue weighted by molar-refractivity contribution is 6.30. The highest BCUT2D eigenvalue weighted by Crippen LogP contribution is 2.11. The second kappa shape index (κ2) is 4.86. The van der Waals surface area contributed by atoms with Crippen LogP contribution in [-0.4, -0.2) is 30.6 Å². The summed E-state index contributed by atoms with van der Waals surface area (Å²) in [6, 6.07) is 3.32. The van der Waals surface area contributed by atoms with Crippen LogP contribution >= 0.6 is 0 Å². The lowest BCUT2D eigenvalue weighted by molar-refractivity contribution is 0.183. The van der Waals surface area contributed by atoms with E-state index in [1.165, 1.54) is 0 Å². The molecule has 0 saturated heterocycles. The molecule has 0 spiro atoms. The third-order valence-electron chi connectivity index (χ3n) is 1.92. The molecular formula is C9H14BN3O. The molecule has 0 saturated carbocycles. The maximum Gasteiger partial charge on any atom is 0.148 e.